The van der Waals surface area contributed by atoms with Crippen molar-refractivity contribution in [3.8, 4) is 16.9 Å². The van der Waals surface area contributed by atoms with Crippen LogP contribution in [0.3, 0.4) is 0 Å². The van der Waals surface area contributed by atoms with Crippen LogP contribution in [0.15, 0.2) is 57.7 Å². The predicted molar refractivity (Wildman–Crippen MR) is 130 cm³/mol. The first-order chi connectivity index (χ1) is 16.2. The van der Waals surface area contributed by atoms with Crippen LogP contribution in [0.1, 0.15) is 25.3 Å². The smallest absolute Gasteiger partial charge is 0.336 e. The number of piperidine rings is 1. The van der Waals surface area contributed by atoms with E-state index < -0.39 is 27.0 Å². The van der Waals surface area contributed by atoms with Gasteiger partial charge in [0.25, 0.3) is 5.91 Å². The zero-order valence-electron chi connectivity index (χ0n) is 19.4. The van der Waals surface area contributed by atoms with Crippen molar-refractivity contribution in [1.82, 2.24) is 9.62 Å². The second-order valence-corrected chi connectivity index (χ2v) is 10.7. The van der Waals surface area contributed by atoms with Gasteiger partial charge in [0.1, 0.15) is 11.3 Å². The molecule has 1 amide bonds. The van der Waals surface area contributed by atoms with Gasteiger partial charge in [-0.3, -0.25) is 4.79 Å². The Kier molecular flexibility index (Phi) is 6.77. The number of nitrogens with one attached hydrogen (secondary N) is 1. The largest absolute Gasteiger partial charge is 0.481 e. The minimum absolute atomic E-state index is 0.127. The number of nitrogens with zero attached hydrogens (tertiary/aromatic N) is 1. The summed E-state index contributed by atoms with van der Waals surface area (Å²) in [7, 11) is -2.08. The first kappa shape index (κ1) is 24.0. The number of hydrogen-bond acceptors (Lipinski definition) is 6. The quantitative estimate of drug-likeness (QED) is 0.539. The Labute approximate surface area is 198 Å². The molecule has 2 atom stereocenters. The van der Waals surface area contributed by atoms with Crippen molar-refractivity contribution in [3.05, 3.63) is 64.5 Å². The molecule has 3 aromatic rings. The van der Waals surface area contributed by atoms with E-state index in [0.717, 1.165) is 22.1 Å². The number of fused-ring (bicyclic) bond motifs is 1. The molecule has 1 N–H and O–H groups in total. The van der Waals surface area contributed by atoms with Crippen molar-refractivity contribution < 1.29 is 22.4 Å². The van der Waals surface area contributed by atoms with Crippen LogP contribution in [0.2, 0.25) is 0 Å². The van der Waals surface area contributed by atoms with E-state index >= 15 is 0 Å². The van der Waals surface area contributed by atoms with Crippen LogP contribution in [-0.4, -0.2) is 50.7 Å². The van der Waals surface area contributed by atoms with E-state index in [2.05, 4.69) is 4.72 Å². The molecule has 0 bridgehead atoms. The molecule has 9 heteroatoms. The molecular weight excluding hydrogens is 456 g/mol. The summed E-state index contributed by atoms with van der Waals surface area (Å²) in [6, 6.07) is 14.4. The number of hydrogen-bond donors (Lipinski definition) is 1. The minimum atomic E-state index is -3.46. The maximum Gasteiger partial charge on any atom is 0.336 e. The maximum absolute atomic E-state index is 13.0. The van der Waals surface area contributed by atoms with Gasteiger partial charge in [0.05, 0.1) is 5.25 Å². The van der Waals surface area contributed by atoms with Crippen LogP contribution in [0.25, 0.3) is 22.1 Å². The van der Waals surface area contributed by atoms with Crippen LogP contribution >= 0.6 is 0 Å². The molecule has 2 heterocycles. The number of benzene rings is 2. The Hall–Kier alpha value is -3.17. The normalized spacial score (nSPS) is 17.5. The molecule has 0 aliphatic carbocycles. The number of carbonyl (C=O) groups is 1. The van der Waals surface area contributed by atoms with E-state index in [1.165, 1.54) is 18.0 Å². The Morgan fingerprint density at radius 3 is 2.68 bits per heavy atom. The second kappa shape index (κ2) is 9.60. The lowest BCUT2D eigenvalue weighted by Crippen LogP contribution is -2.50. The number of sulfonamides is 1. The van der Waals surface area contributed by atoms with Gasteiger partial charge in [-0.05, 0) is 57.0 Å². The van der Waals surface area contributed by atoms with Gasteiger partial charge in [-0.15, -0.1) is 0 Å². The molecule has 34 heavy (non-hydrogen) atoms. The van der Waals surface area contributed by atoms with E-state index in [1.807, 2.05) is 37.3 Å². The fourth-order valence-corrected chi connectivity index (χ4v) is 5.57. The van der Waals surface area contributed by atoms with E-state index in [9.17, 15) is 18.0 Å². The number of aryl methyl sites for hydroxylation is 1. The minimum Gasteiger partial charge on any atom is -0.481 e. The average molecular weight is 485 g/mol. The molecule has 0 spiro atoms. The third-order valence-corrected chi connectivity index (χ3v) is 8.06. The Morgan fingerprint density at radius 1 is 1.18 bits per heavy atom. The Morgan fingerprint density at radius 2 is 1.94 bits per heavy atom. The molecule has 1 aromatic heterocycles. The van der Waals surface area contributed by atoms with Gasteiger partial charge < -0.3 is 14.1 Å². The van der Waals surface area contributed by atoms with E-state index in [1.54, 1.807) is 19.1 Å². The first-order valence-corrected chi connectivity index (χ1v) is 12.8. The molecule has 1 aliphatic rings. The van der Waals surface area contributed by atoms with Crippen LogP contribution in [0, 0.1) is 6.92 Å². The topological polar surface area (TPSA) is 106 Å². The SMILES string of the molecule is CNS(=O)(=O)C1CCCN(C(=O)C(C)Oc2ccc3c(-c4ccccc4C)cc(=O)oc3c2)C1. The summed E-state index contributed by atoms with van der Waals surface area (Å²) in [6.45, 7) is 4.22. The van der Waals surface area contributed by atoms with Crippen molar-refractivity contribution in [2.45, 2.75) is 38.0 Å². The van der Waals surface area contributed by atoms with Crippen LogP contribution in [-0.2, 0) is 14.8 Å². The average Bonchev–Trinajstić information content (AvgIpc) is 2.83. The molecule has 1 aliphatic heterocycles. The van der Waals surface area contributed by atoms with Gasteiger partial charge in [0.15, 0.2) is 6.10 Å². The summed E-state index contributed by atoms with van der Waals surface area (Å²) in [5.74, 6) is 0.0982. The highest BCUT2D eigenvalue weighted by Gasteiger charge is 2.33. The van der Waals surface area contributed by atoms with Gasteiger partial charge >= 0.3 is 5.63 Å². The third kappa shape index (κ3) is 4.85. The van der Waals surface area contributed by atoms with Crippen molar-refractivity contribution in [3.63, 3.8) is 0 Å². The highest BCUT2D eigenvalue weighted by molar-refractivity contribution is 7.90. The highest BCUT2D eigenvalue weighted by atomic mass is 32.2. The third-order valence-electron chi connectivity index (χ3n) is 6.23. The zero-order valence-corrected chi connectivity index (χ0v) is 20.2. The standard InChI is InChI=1S/C25H28N2O6S/c1-16-7-4-5-9-20(16)22-14-24(28)33-23-13-18(10-11-21(22)23)32-17(2)25(29)27-12-6-8-19(15-27)34(30,31)26-3/h4-5,7,9-11,13-14,17,19,26H,6,8,12,15H2,1-3H3. The molecule has 2 unspecified atom stereocenters. The summed E-state index contributed by atoms with van der Waals surface area (Å²) in [4.78, 5) is 26.8. The number of rotatable bonds is 6. The highest BCUT2D eigenvalue weighted by Crippen LogP contribution is 2.31. The second-order valence-electron chi connectivity index (χ2n) is 8.51. The Bertz CT molecular complexity index is 1380. The molecular formula is C25H28N2O6S. The molecule has 1 fully saturated rings. The van der Waals surface area contributed by atoms with Crippen molar-refractivity contribution in [2.75, 3.05) is 20.1 Å². The fourth-order valence-electron chi connectivity index (χ4n) is 4.38. The van der Waals surface area contributed by atoms with Gasteiger partial charge in [-0.1, -0.05) is 24.3 Å². The maximum atomic E-state index is 13.0. The first-order valence-electron chi connectivity index (χ1n) is 11.2. The number of likely N-dealkylation sites (tertiary alicyclic amines) is 1. The van der Waals surface area contributed by atoms with Gasteiger partial charge in [0, 0.05) is 36.2 Å². The van der Waals surface area contributed by atoms with Gasteiger partial charge in [0.2, 0.25) is 10.0 Å². The lowest BCUT2D eigenvalue weighted by atomic mass is 9.98. The van der Waals surface area contributed by atoms with Gasteiger partial charge in [-0.2, -0.15) is 0 Å². The number of carbonyl (C=O) groups excluding carboxylic acids is 1. The summed E-state index contributed by atoms with van der Waals surface area (Å²) >= 11 is 0. The molecule has 180 valence electrons. The summed E-state index contributed by atoms with van der Waals surface area (Å²) in [5.41, 5.74) is 2.63. The molecule has 8 nitrogen and oxygen atoms in total. The summed E-state index contributed by atoms with van der Waals surface area (Å²) in [6.07, 6.45) is 0.280. The van der Waals surface area contributed by atoms with Crippen molar-refractivity contribution >= 4 is 26.9 Å². The monoisotopic (exact) mass is 484 g/mol. The lowest BCUT2D eigenvalue weighted by Gasteiger charge is -2.33. The van der Waals surface area contributed by atoms with Crippen LogP contribution < -0.4 is 15.1 Å². The van der Waals surface area contributed by atoms with E-state index in [4.69, 9.17) is 9.15 Å². The fraction of sp³-hybridized carbons (Fsp3) is 0.360. The predicted octanol–water partition coefficient (Wildman–Crippen LogP) is 3.08. The van der Waals surface area contributed by atoms with Gasteiger partial charge in [-0.25, -0.2) is 17.9 Å². The number of amides is 1. The molecule has 0 radical (unpaired) electrons. The van der Waals surface area contributed by atoms with E-state index in [-0.39, 0.29) is 12.5 Å². The summed E-state index contributed by atoms with van der Waals surface area (Å²) in [5, 5.41) is 0.119. The molecule has 4 rings (SSSR count). The van der Waals surface area contributed by atoms with Crippen LogP contribution in [0.5, 0.6) is 5.75 Å². The van der Waals surface area contributed by atoms with Crippen molar-refractivity contribution in [2.24, 2.45) is 0 Å². The summed E-state index contributed by atoms with van der Waals surface area (Å²) < 4.78 is 38.0. The Balaban J connectivity index is 1.56. The van der Waals surface area contributed by atoms with E-state index in [0.29, 0.717) is 30.7 Å². The lowest BCUT2D eigenvalue weighted by molar-refractivity contribution is -0.138. The molecule has 2 aromatic carbocycles. The van der Waals surface area contributed by atoms with Crippen molar-refractivity contribution in [1.29, 1.82) is 0 Å². The zero-order chi connectivity index (χ0) is 24.5. The molecule has 1 saturated heterocycles. The number of ether oxygens (including phenoxy) is 1. The molecule has 0 saturated carbocycles. The van der Waals surface area contributed by atoms with Crippen LogP contribution in [0.4, 0.5) is 0 Å².